The Morgan fingerprint density at radius 2 is 1.95 bits per heavy atom. The smallest absolute Gasteiger partial charge is 0.317 e. The summed E-state index contributed by atoms with van der Waals surface area (Å²) in [6.07, 6.45) is 0. The van der Waals surface area contributed by atoms with E-state index in [4.69, 9.17) is 16.7 Å². The Bertz CT molecular complexity index is 497. The molecule has 0 unspecified atom stereocenters. The van der Waals surface area contributed by atoms with Gasteiger partial charge >= 0.3 is 5.97 Å². The number of nitrogens with zero attached hydrogens (tertiary/aromatic N) is 1. The van der Waals surface area contributed by atoms with Crippen LogP contribution in [0.1, 0.15) is 20.8 Å². The monoisotopic (exact) mass is 298 g/mol. The highest BCUT2D eigenvalue weighted by molar-refractivity contribution is 6.30. The molecule has 0 radical (unpaired) electrons. The number of nitrogens with one attached hydrogen (secondary N) is 1. The zero-order valence-corrected chi connectivity index (χ0v) is 12.6. The Morgan fingerprint density at radius 1 is 1.30 bits per heavy atom. The highest BCUT2D eigenvalue weighted by Gasteiger charge is 2.25. The van der Waals surface area contributed by atoms with E-state index in [1.807, 2.05) is 20.8 Å². The van der Waals surface area contributed by atoms with Gasteiger partial charge in [0.25, 0.3) is 0 Å². The van der Waals surface area contributed by atoms with Crippen molar-refractivity contribution < 1.29 is 14.7 Å². The topological polar surface area (TPSA) is 69.6 Å². The van der Waals surface area contributed by atoms with Gasteiger partial charge in [-0.1, -0.05) is 17.7 Å². The van der Waals surface area contributed by atoms with Gasteiger partial charge in [0.1, 0.15) is 0 Å². The molecule has 1 aromatic carbocycles. The van der Waals surface area contributed by atoms with Gasteiger partial charge in [0, 0.05) is 16.2 Å². The number of carbonyl (C=O) groups is 2. The number of anilines is 1. The Morgan fingerprint density at radius 3 is 2.45 bits per heavy atom. The number of hydrogen-bond donors (Lipinski definition) is 2. The first-order valence-corrected chi connectivity index (χ1v) is 6.58. The van der Waals surface area contributed by atoms with Crippen molar-refractivity contribution in [2.24, 2.45) is 0 Å². The first-order chi connectivity index (χ1) is 9.18. The summed E-state index contributed by atoms with van der Waals surface area (Å²) < 4.78 is 0. The van der Waals surface area contributed by atoms with Gasteiger partial charge in [-0.3, -0.25) is 14.5 Å². The van der Waals surface area contributed by atoms with Crippen LogP contribution in [-0.4, -0.2) is 40.5 Å². The van der Waals surface area contributed by atoms with E-state index in [1.54, 1.807) is 29.2 Å². The average Bonchev–Trinajstić information content (AvgIpc) is 2.26. The van der Waals surface area contributed by atoms with Gasteiger partial charge in [-0.15, -0.1) is 0 Å². The summed E-state index contributed by atoms with van der Waals surface area (Å²) in [5.41, 5.74) is 0.177. The van der Waals surface area contributed by atoms with Crippen LogP contribution in [0.5, 0.6) is 0 Å². The lowest BCUT2D eigenvalue weighted by Crippen LogP contribution is -2.48. The van der Waals surface area contributed by atoms with Crippen LogP contribution in [-0.2, 0) is 9.59 Å². The molecule has 0 saturated carbocycles. The number of rotatable bonds is 5. The third kappa shape index (κ3) is 5.59. The minimum Gasteiger partial charge on any atom is -0.480 e. The van der Waals surface area contributed by atoms with E-state index in [9.17, 15) is 9.59 Å². The normalized spacial score (nSPS) is 11.4. The van der Waals surface area contributed by atoms with Gasteiger partial charge in [0.2, 0.25) is 5.91 Å². The molecule has 0 bridgehead atoms. The van der Waals surface area contributed by atoms with E-state index in [0.29, 0.717) is 10.7 Å². The fraction of sp³-hybridized carbons (Fsp3) is 0.429. The molecule has 1 aromatic rings. The molecule has 0 aromatic heterocycles. The van der Waals surface area contributed by atoms with Gasteiger partial charge < -0.3 is 10.4 Å². The molecule has 0 atom stereocenters. The second-order valence-corrected chi connectivity index (χ2v) is 5.92. The van der Waals surface area contributed by atoms with Crippen LogP contribution >= 0.6 is 11.6 Å². The second kappa shape index (κ2) is 6.72. The average molecular weight is 299 g/mol. The molecule has 1 rings (SSSR count). The molecule has 0 aliphatic heterocycles. The molecule has 0 aliphatic rings. The predicted octanol–water partition coefficient (Wildman–Crippen LogP) is 2.46. The minimum absolute atomic E-state index is 0.00229. The van der Waals surface area contributed by atoms with Crippen molar-refractivity contribution in [1.29, 1.82) is 0 Å². The van der Waals surface area contributed by atoms with Crippen LogP contribution in [0.15, 0.2) is 24.3 Å². The van der Waals surface area contributed by atoms with Crippen LogP contribution in [0.4, 0.5) is 5.69 Å². The molecular weight excluding hydrogens is 280 g/mol. The number of halogens is 1. The number of hydrogen-bond acceptors (Lipinski definition) is 3. The number of amides is 1. The van der Waals surface area contributed by atoms with Gasteiger partial charge in [-0.25, -0.2) is 0 Å². The number of aliphatic carboxylic acids is 1. The summed E-state index contributed by atoms with van der Waals surface area (Å²) in [4.78, 5) is 24.4. The molecule has 6 heteroatoms. The first-order valence-electron chi connectivity index (χ1n) is 6.21. The summed E-state index contributed by atoms with van der Waals surface area (Å²) in [5, 5.41) is 12.1. The van der Waals surface area contributed by atoms with Crippen molar-refractivity contribution in [2.75, 3.05) is 18.4 Å². The van der Waals surface area contributed by atoms with E-state index in [2.05, 4.69) is 5.32 Å². The van der Waals surface area contributed by atoms with Crippen LogP contribution in [0.25, 0.3) is 0 Å². The third-order valence-corrected chi connectivity index (χ3v) is 2.95. The van der Waals surface area contributed by atoms with Crippen molar-refractivity contribution in [3.63, 3.8) is 0 Å². The van der Waals surface area contributed by atoms with E-state index in [-0.39, 0.29) is 19.0 Å². The first kappa shape index (κ1) is 16.5. The number of benzene rings is 1. The summed E-state index contributed by atoms with van der Waals surface area (Å²) in [6.45, 7) is 5.41. The maximum absolute atomic E-state index is 12.0. The maximum atomic E-state index is 12.0. The third-order valence-electron chi connectivity index (χ3n) is 2.72. The second-order valence-electron chi connectivity index (χ2n) is 5.48. The van der Waals surface area contributed by atoms with E-state index >= 15 is 0 Å². The largest absolute Gasteiger partial charge is 0.480 e. The molecule has 1 amide bonds. The van der Waals surface area contributed by atoms with Crippen LogP contribution in [0, 0.1) is 0 Å². The highest BCUT2D eigenvalue weighted by atomic mass is 35.5. The summed E-state index contributed by atoms with van der Waals surface area (Å²) >= 11 is 5.84. The van der Waals surface area contributed by atoms with Crippen LogP contribution in [0.3, 0.4) is 0 Å². The SMILES string of the molecule is CC(C)(C)N(CC(=O)O)CC(=O)Nc1cccc(Cl)c1. The number of carbonyl (C=O) groups excluding carboxylic acids is 1. The van der Waals surface area contributed by atoms with Gasteiger partial charge in [-0.2, -0.15) is 0 Å². The zero-order chi connectivity index (χ0) is 15.3. The molecule has 2 N–H and O–H groups in total. The lowest BCUT2D eigenvalue weighted by atomic mass is 10.1. The van der Waals surface area contributed by atoms with Crippen molar-refractivity contribution in [1.82, 2.24) is 4.90 Å². The van der Waals surface area contributed by atoms with E-state index in [1.165, 1.54) is 0 Å². The quantitative estimate of drug-likeness (QED) is 0.876. The minimum atomic E-state index is -0.963. The van der Waals surface area contributed by atoms with Crippen molar-refractivity contribution >= 4 is 29.2 Å². The van der Waals surface area contributed by atoms with E-state index in [0.717, 1.165) is 0 Å². The molecule has 0 spiro atoms. The molecule has 5 nitrogen and oxygen atoms in total. The molecule has 0 aliphatic carbocycles. The van der Waals surface area contributed by atoms with Crippen molar-refractivity contribution in [3.8, 4) is 0 Å². The Labute approximate surface area is 123 Å². The predicted molar refractivity (Wildman–Crippen MR) is 79.0 cm³/mol. The summed E-state index contributed by atoms with van der Waals surface area (Å²) in [7, 11) is 0. The fourth-order valence-electron chi connectivity index (χ4n) is 1.63. The van der Waals surface area contributed by atoms with Gasteiger partial charge in [0.15, 0.2) is 0 Å². The lowest BCUT2D eigenvalue weighted by molar-refractivity contribution is -0.140. The number of carboxylic acid groups (broad SMARTS) is 1. The molecule has 20 heavy (non-hydrogen) atoms. The molecule has 110 valence electrons. The Hall–Kier alpha value is -1.59. The van der Waals surface area contributed by atoms with E-state index < -0.39 is 11.5 Å². The van der Waals surface area contributed by atoms with Gasteiger partial charge in [-0.05, 0) is 39.0 Å². The number of carboxylic acids is 1. The van der Waals surface area contributed by atoms with Crippen molar-refractivity contribution in [3.05, 3.63) is 29.3 Å². The molecular formula is C14H19ClN2O3. The lowest BCUT2D eigenvalue weighted by Gasteiger charge is -2.33. The highest BCUT2D eigenvalue weighted by Crippen LogP contribution is 2.16. The van der Waals surface area contributed by atoms with Gasteiger partial charge in [0.05, 0.1) is 13.1 Å². The van der Waals surface area contributed by atoms with Crippen LogP contribution < -0.4 is 5.32 Å². The summed E-state index contributed by atoms with van der Waals surface area (Å²) in [6, 6.07) is 6.81. The molecule has 0 fully saturated rings. The Kier molecular flexibility index (Phi) is 5.53. The van der Waals surface area contributed by atoms with Crippen molar-refractivity contribution in [2.45, 2.75) is 26.3 Å². The Balaban J connectivity index is 2.69. The molecule has 0 saturated heterocycles. The summed E-state index contributed by atoms with van der Waals surface area (Å²) in [5.74, 6) is -1.24. The maximum Gasteiger partial charge on any atom is 0.317 e. The standard InChI is InChI=1S/C14H19ClN2O3/c1-14(2,3)17(9-13(19)20)8-12(18)16-11-6-4-5-10(15)7-11/h4-7H,8-9H2,1-3H3,(H,16,18)(H,19,20). The fourth-order valence-corrected chi connectivity index (χ4v) is 1.82. The molecule has 0 heterocycles. The van der Waals surface area contributed by atoms with Crippen LogP contribution in [0.2, 0.25) is 5.02 Å². The zero-order valence-electron chi connectivity index (χ0n) is 11.8.